The van der Waals surface area contributed by atoms with E-state index in [1.54, 1.807) is 7.05 Å². The number of rotatable bonds is 7. The number of nitrogens with zero attached hydrogens (tertiary/aromatic N) is 1. The zero-order valence-electron chi connectivity index (χ0n) is 15.7. The smallest absolute Gasteiger partial charge is 0.255 e. The number of amides is 1. The van der Waals surface area contributed by atoms with E-state index >= 15 is 0 Å². The number of primary amides is 1. The van der Waals surface area contributed by atoms with Crippen LogP contribution >= 0.6 is 24.0 Å². The maximum absolute atomic E-state index is 10.8. The predicted molar refractivity (Wildman–Crippen MR) is 116 cm³/mol. The summed E-state index contributed by atoms with van der Waals surface area (Å²) in [7, 11) is 1.79. The Labute approximate surface area is 173 Å². The van der Waals surface area contributed by atoms with Gasteiger partial charge in [0.15, 0.2) is 12.6 Å². The van der Waals surface area contributed by atoms with E-state index in [9.17, 15) is 4.79 Å². The van der Waals surface area contributed by atoms with Crippen LogP contribution in [-0.2, 0) is 11.3 Å². The largest absolute Gasteiger partial charge is 0.484 e. The molecule has 2 rings (SSSR count). The van der Waals surface area contributed by atoms with Crippen LogP contribution in [0.5, 0.6) is 5.75 Å². The number of hydrogen-bond acceptors (Lipinski definition) is 3. The molecule has 1 saturated carbocycles. The van der Waals surface area contributed by atoms with Crippen LogP contribution in [0.15, 0.2) is 29.3 Å². The highest BCUT2D eigenvalue weighted by atomic mass is 127. The fourth-order valence-electron chi connectivity index (χ4n) is 3.19. The average molecular weight is 474 g/mol. The number of benzene rings is 1. The molecule has 6 nitrogen and oxygen atoms in total. The van der Waals surface area contributed by atoms with E-state index in [1.807, 2.05) is 24.3 Å². The first-order chi connectivity index (χ1) is 12.1. The van der Waals surface area contributed by atoms with Gasteiger partial charge in [-0.25, -0.2) is 0 Å². The van der Waals surface area contributed by atoms with Gasteiger partial charge in [-0.15, -0.1) is 24.0 Å². The third-order valence-corrected chi connectivity index (χ3v) is 4.73. The summed E-state index contributed by atoms with van der Waals surface area (Å²) in [6, 6.07) is 8.11. The number of aliphatic imine (C=N–C) groups is 1. The summed E-state index contributed by atoms with van der Waals surface area (Å²) >= 11 is 0. The predicted octanol–water partition coefficient (Wildman–Crippen LogP) is 2.80. The van der Waals surface area contributed by atoms with Gasteiger partial charge in [-0.3, -0.25) is 9.79 Å². The molecule has 1 aromatic rings. The van der Waals surface area contributed by atoms with Crippen molar-refractivity contribution in [1.29, 1.82) is 0 Å². The lowest BCUT2D eigenvalue weighted by molar-refractivity contribution is -0.119. The van der Waals surface area contributed by atoms with Gasteiger partial charge in [0, 0.05) is 19.6 Å². The van der Waals surface area contributed by atoms with Crippen molar-refractivity contribution in [3.8, 4) is 5.75 Å². The number of ether oxygens (including phenoxy) is 1. The normalized spacial score (nSPS) is 20.0. The lowest BCUT2D eigenvalue weighted by atomic mass is 9.84. The highest BCUT2D eigenvalue weighted by molar-refractivity contribution is 14.0. The van der Waals surface area contributed by atoms with Crippen molar-refractivity contribution < 1.29 is 9.53 Å². The highest BCUT2D eigenvalue weighted by Gasteiger charge is 2.20. The molecule has 0 heterocycles. The summed E-state index contributed by atoms with van der Waals surface area (Å²) < 4.78 is 5.34. The minimum Gasteiger partial charge on any atom is -0.484 e. The lowest BCUT2D eigenvalue weighted by Gasteiger charge is -2.29. The van der Waals surface area contributed by atoms with Crippen LogP contribution in [0.4, 0.5) is 0 Å². The maximum Gasteiger partial charge on any atom is 0.255 e. The van der Waals surface area contributed by atoms with Crippen LogP contribution < -0.4 is 21.1 Å². The van der Waals surface area contributed by atoms with Crippen LogP contribution in [0.1, 0.15) is 44.6 Å². The van der Waals surface area contributed by atoms with E-state index in [1.165, 1.54) is 32.1 Å². The monoisotopic (exact) mass is 474 g/mol. The van der Waals surface area contributed by atoms with Gasteiger partial charge in [0.2, 0.25) is 0 Å². The molecular formula is C19H31IN4O2. The Hall–Kier alpha value is -1.51. The Balaban J connectivity index is 0.00000338. The zero-order chi connectivity index (χ0) is 18.1. The van der Waals surface area contributed by atoms with Crippen LogP contribution in [0.25, 0.3) is 0 Å². The Morgan fingerprint density at radius 1 is 1.31 bits per heavy atom. The molecule has 4 N–H and O–H groups in total. The molecule has 146 valence electrons. The summed E-state index contributed by atoms with van der Waals surface area (Å²) in [5.41, 5.74) is 6.16. The minimum atomic E-state index is -0.481. The van der Waals surface area contributed by atoms with Gasteiger partial charge >= 0.3 is 0 Å². The van der Waals surface area contributed by atoms with Crippen molar-refractivity contribution in [3.63, 3.8) is 0 Å². The van der Waals surface area contributed by atoms with Gasteiger partial charge in [-0.1, -0.05) is 25.5 Å². The Morgan fingerprint density at radius 2 is 2.04 bits per heavy atom. The van der Waals surface area contributed by atoms with Crippen molar-refractivity contribution in [1.82, 2.24) is 10.6 Å². The SMILES string of the molecule is CCC1CCC(NC(=NC)NCc2cccc(OCC(N)=O)c2)CC1.I. The first kappa shape index (κ1) is 22.5. The van der Waals surface area contributed by atoms with E-state index in [2.05, 4.69) is 22.5 Å². The second-order valence-corrected chi connectivity index (χ2v) is 6.60. The van der Waals surface area contributed by atoms with Gasteiger partial charge in [0.05, 0.1) is 0 Å². The lowest BCUT2D eigenvalue weighted by Crippen LogP contribution is -2.44. The topological polar surface area (TPSA) is 88.7 Å². The van der Waals surface area contributed by atoms with Crippen molar-refractivity contribution in [2.45, 2.75) is 51.6 Å². The first-order valence-corrected chi connectivity index (χ1v) is 9.08. The Morgan fingerprint density at radius 3 is 2.65 bits per heavy atom. The first-order valence-electron chi connectivity index (χ1n) is 9.08. The summed E-state index contributed by atoms with van der Waals surface area (Å²) in [6.07, 6.45) is 6.29. The fourth-order valence-corrected chi connectivity index (χ4v) is 3.19. The van der Waals surface area contributed by atoms with Crippen molar-refractivity contribution in [3.05, 3.63) is 29.8 Å². The number of nitrogens with one attached hydrogen (secondary N) is 2. The molecule has 0 aromatic heterocycles. The minimum absolute atomic E-state index is 0. The zero-order valence-corrected chi connectivity index (χ0v) is 18.0. The van der Waals surface area contributed by atoms with E-state index in [-0.39, 0.29) is 30.6 Å². The average Bonchev–Trinajstić information content (AvgIpc) is 2.64. The summed E-state index contributed by atoms with van der Waals surface area (Å²) in [4.78, 5) is 15.1. The quantitative estimate of drug-likeness (QED) is 0.322. The number of carbonyl (C=O) groups excluding carboxylic acids is 1. The van der Waals surface area contributed by atoms with Crippen LogP contribution in [-0.4, -0.2) is 31.6 Å². The molecule has 7 heteroatoms. The number of guanidine groups is 1. The fraction of sp³-hybridized carbons (Fsp3) is 0.579. The molecule has 26 heavy (non-hydrogen) atoms. The van der Waals surface area contributed by atoms with Crippen molar-refractivity contribution >= 4 is 35.8 Å². The van der Waals surface area contributed by atoms with Gasteiger partial charge in [-0.2, -0.15) is 0 Å². The summed E-state index contributed by atoms with van der Waals surface area (Å²) in [6.45, 7) is 2.80. The number of carbonyl (C=O) groups is 1. The molecule has 1 amide bonds. The molecule has 0 spiro atoms. The molecular weight excluding hydrogens is 443 g/mol. The summed E-state index contributed by atoms with van der Waals surface area (Å²) in [5.74, 6) is 1.87. The van der Waals surface area contributed by atoms with Crippen LogP contribution in [0, 0.1) is 5.92 Å². The molecule has 1 fully saturated rings. The number of hydrogen-bond donors (Lipinski definition) is 3. The molecule has 0 unspecified atom stereocenters. The second-order valence-electron chi connectivity index (χ2n) is 6.60. The van der Waals surface area contributed by atoms with E-state index in [0.717, 1.165) is 17.4 Å². The third kappa shape index (κ3) is 7.80. The Kier molecular flexibility index (Phi) is 10.4. The molecule has 0 aliphatic heterocycles. The maximum atomic E-state index is 10.8. The molecule has 0 atom stereocenters. The third-order valence-electron chi connectivity index (χ3n) is 4.73. The van der Waals surface area contributed by atoms with E-state index in [0.29, 0.717) is 18.3 Å². The molecule has 1 aliphatic carbocycles. The van der Waals surface area contributed by atoms with Gasteiger partial charge in [0.25, 0.3) is 5.91 Å². The number of halogens is 1. The summed E-state index contributed by atoms with van der Waals surface area (Å²) in [5, 5.41) is 6.86. The van der Waals surface area contributed by atoms with Crippen molar-refractivity contribution in [2.24, 2.45) is 16.6 Å². The number of nitrogens with two attached hydrogens (primary N) is 1. The van der Waals surface area contributed by atoms with Crippen LogP contribution in [0.2, 0.25) is 0 Å². The second kappa shape index (κ2) is 12.0. The van der Waals surface area contributed by atoms with E-state index in [4.69, 9.17) is 10.5 Å². The van der Waals surface area contributed by atoms with Gasteiger partial charge in [0.1, 0.15) is 5.75 Å². The molecule has 0 bridgehead atoms. The Bertz CT molecular complexity index is 587. The molecule has 0 saturated heterocycles. The molecule has 0 radical (unpaired) electrons. The standard InChI is InChI=1S/C19H30N4O2.HI/c1-3-14-7-9-16(10-8-14)23-19(21-2)22-12-15-5-4-6-17(11-15)25-13-18(20)24;/h4-6,11,14,16H,3,7-10,12-13H2,1-2H3,(H2,20,24)(H2,21,22,23);1H. The highest BCUT2D eigenvalue weighted by Crippen LogP contribution is 2.26. The molecule has 1 aromatic carbocycles. The van der Waals surface area contributed by atoms with Gasteiger partial charge < -0.3 is 21.1 Å². The van der Waals surface area contributed by atoms with Crippen LogP contribution in [0.3, 0.4) is 0 Å². The van der Waals surface area contributed by atoms with E-state index < -0.39 is 5.91 Å². The van der Waals surface area contributed by atoms with Gasteiger partial charge in [-0.05, 0) is 49.3 Å². The van der Waals surface area contributed by atoms with Crippen molar-refractivity contribution in [2.75, 3.05) is 13.7 Å². The molecule has 1 aliphatic rings.